The van der Waals surface area contributed by atoms with Gasteiger partial charge in [-0.3, -0.25) is 0 Å². The van der Waals surface area contributed by atoms with Gasteiger partial charge in [-0.15, -0.1) is 11.3 Å². The van der Waals surface area contributed by atoms with E-state index in [9.17, 15) is 0 Å². The van der Waals surface area contributed by atoms with Gasteiger partial charge in [-0.2, -0.15) is 0 Å². The standard InChI is InChI=1S/C12H16S/c1-4-12-11(3)10(2)8-6-5-7-9-13-12/h5-9H,4H2,1-3H3. The Morgan fingerprint density at radius 1 is 1.15 bits per heavy atom. The van der Waals surface area contributed by atoms with Crippen LogP contribution in [0.4, 0.5) is 0 Å². The summed E-state index contributed by atoms with van der Waals surface area (Å²) in [5.74, 6) is 0. The minimum Gasteiger partial charge on any atom is -0.149 e. The van der Waals surface area contributed by atoms with Crippen LogP contribution in [-0.2, 0) is 6.42 Å². The molecule has 0 nitrogen and oxygen atoms in total. The molecular weight excluding hydrogens is 176 g/mol. The Morgan fingerprint density at radius 3 is 2.62 bits per heavy atom. The molecule has 0 aliphatic carbocycles. The summed E-state index contributed by atoms with van der Waals surface area (Å²) in [4.78, 5) is 1.47. The molecule has 0 saturated carbocycles. The van der Waals surface area contributed by atoms with E-state index in [2.05, 4.69) is 50.4 Å². The van der Waals surface area contributed by atoms with Crippen LogP contribution in [0.15, 0.2) is 29.6 Å². The molecule has 13 heavy (non-hydrogen) atoms. The van der Waals surface area contributed by atoms with Crippen LogP contribution in [-0.4, -0.2) is 0 Å². The molecule has 0 amide bonds. The minimum absolute atomic E-state index is 1.12. The summed E-state index contributed by atoms with van der Waals surface area (Å²) in [5.41, 5.74) is 2.79. The predicted molar refractivity (Wildman–Crippen MR) is 60.8 cm³/mol. The molecule has 1 aromatic rings. The Kier molecular flexibility index (Phi) is 3.97. The van der Waals surface area contributed by atoms with E-state index in [0.29, 0.717) is 0 Å². The number of hydrogen-bond acceptors (Lipinski definition) is 1. The van der Waals surface area contributed by atoms with Crippen molar-refractivity contribution >= 4 is 11.3 Å². The fourth-order valence-electron chi connectivity index (χ4n) is 1.21. The van der Waals surface area contributed by atoms with Crippen LogP contribution in [0.25, 0.3) is 0 Å². The first-order valence-corrected chi connectivity index (χ1v) is 5.50. The highest BCUT2D eigenvalue weighted by atomic mass is 32.1. The molecule has 0 N–H and O–H groups in total. The summed E-state index contributed by atoms with van der Waals surface area (Å²) in [6.45, 7) is 6.57. The smallest absolute Gasteiger partial charge is 0.00740 e. The monoisotopic (exact) mass is 192 g/mol. The van der Waals surface area contributed by atoms with Gasteiger partial charge in [0.05, 0.1) is 0 Å². The Balaban J connectivity index is 3.40. The third-order valence-electron chi connectivity index (χ3n) is 2.19. The van der Waals surface area contributed by atoms with Gasteiger partial charge < -0.3 is 0 Å². The molecule has 1 heteroatoms. The van der Waals surface area contributed by atoms with Crippen LogP contribution < -0.4 is 0 Å². The van der Waals surface area contributed by atoms with Gasteiger partial charge in [0.25, 0.3) is 0 Å². The zero-order chi connectivity index (χ0) is 9.68. The number of rotatable bonds is 1. The Bertz CT molecular complexity index is 322. The van der Waals surface area contributed by atoms with Gasteiger partial charge in [0, 0.05) is 4.88 Å². The van der Waals surface area contributed by atoms with Crippen molar-refractivity contribution in [2.24, 2.45) is 0 Å². The third-order valence-corrected chi connectivity index (χ3v) is 3.36. The molecule has 0 atom stereocenters. The lowest BCUT2D eigenvalue weighted by atomic mass is 10.1. The summed E-state index contributed by atoms with van der Waals surface area (Å²) in [7, 11) is 0. The normalized spacial score (nSPS) is 9.46. The van der Waals surface area contributed by atoms with Crippen molar-refractivity contribution in [2.45, 2.75) is 27.2 Å². The zero-order valence-electron chi connectivity index (χ0n) is 8.50. The van der Waals surface area contributed by atoms with Crippen molar-refractivity contribution in [3.8, 4) is 0 Å². The fourth-order valence-corrected chi connectivity index (χ4v) is 2.05. The number of hydrogen-bond donors (Lipinski definition) is 0. The van der Waals surface area contributed by atoms with E-state index in [-0.39, 0.29) is 0 Å². The fraction of sp³-hybridized carbons (Fsp3) is 0.333. The molecule has 1 rings (SSSR count). The van der Waals surface area contributed by atoms with Crippen molar-refractivity contribution in [3.05, 3.63) is 45.6 Å². The van der Waals surface area contributed by atoms with Gasteiger partial charge in [0.15, 0.2) is 0 Å². The summed E-state index contributed by atoms with van der Waals surface area (Å²) >= 11 is 1.83. The molecule has 1 aromatic heterocycles. The average Bonchev–Trinajstić information content (AvgIpc) is 2.21. The molecule has 0 radical (unpaired) electrons. The molecular formula is C12H16S. The van der Waals surface area contributed by atoms with Crippen LogP contribution in [0.1, 0.15) is 22.9 Å². The van der Waals surface area contributed by atoms with Crippen LogP contribution in [0.3, 0.4) is 0 Å². The molecule has 0 bridgehead atoms. The van der Waals surface area contributed by atoms with Crippen molar-refractivity contribution in [1.29, 1.82) is 0 Å². The van der Waals surface area contributed by atoms with E-state index < -0.39 is 0 Å². The van der Waals surface area contributed by atoms with Gasteiger partial charge >= 0.3 is 0 Å². The second kappa shape index (κ2) is 5.03. The van der Waals surface area contributed by atoms with E-state index in [0.717, 1.165) is 6.42 Å². The lowest BCUT2D eigenvalue weighted by molar-refractivity contribution is 1.14. The highest BCUT2D eigenvalue weighted by Crippen LogP contribution is 2.14. The second-order valence-corrected chi connectivity index (χ2v) is 4.08. The quantitative estimate of drug-likeness (QED) is 0.629. The molecule has 0 aliphatic heterocycles. The van der Waals surface area contributed by atoms with E-state index in [4.69, 9.17) is 0 Å². The Labute approximate surface area is 84.6 Å². The molecule has 0 fully saturated rings. The van der Waals surface area contributed by atoms with Crippen LogP contribution in [0, 0.1) is 13.8 Å². The SMILES string of the molecule is CCc1scccccc(C)c1C. The van der Waals surface area contributed by atoms with E-state index >= 15 is 0 Å². The maximum Gasteiger partial charge on any atom is 0.00740 e. The number of aryl methyl sites for hydroxylation is 2. The Morgan fingerprint density at radius 2 is 1.92 bits per heavy atom. The van der Waals surface area contributed by atoms with E-state index in [1.807, 2.05) is 11.3 Å². The first-order chi connectivity index (χ1) is 6.25. The summed E-state index contributed by atoms with van der Waals surface area (Å²) < 4.78 is 0. The van der Waals surface area contributed by atoms with Gasteiger partial charge in [-0.05, 0) is 36.8 Å². The van der Waals surface area contributed by atoms with Crippen LogP contribution >= 0.6 is 11.3 Å². The lowest BCUT2D eigenvalue weighted by Crippen LogP contribution is -1.82. The molecule has 0 spiro atoms. The predicted octanol–water partition coefficient (Wildman–Crippen LogP) is 4.05. The van der Waals surface area contributed by atoms with Gasteiger partial charge in [0.2, 0.25) is 0 Å². The van der Waals surface area contributed by atoms with Gasteiger partial charge in [-0.1, -0.05) is 31.2 Å². The van der Waals surface area contributed by atoms with Gasteiger partial charge in [0.1, 0.15) is 0 Å². The molecule has 70 valence electrons. The van der Waals surface area contributed by atoms with Crippen LogP contribution in [0.5, 0.6) is 0 Å². The first-order valence-electron chi connectivity index (χ1n) is 4.62. The Hall–Kier alpha value is -0.820. The van der Waals surface area contributed by atoms with Crippen molar-refractivity contribution in [3.63, 3.8) is 0 Å². The van der Waals surface area contributed by atoms with E-state index in [1.54, 1.807) is 0 Å². The molecule has 0 aromatic carbocycles. The van der Waals surface area contributed by atoms with Crippen molar-refractivity contribution in [1.82, 2.24) is 0 Å². The summed E-state index contributed by atoms with van der Waals surface area (Å²) in [5, 5.41) is 2.14. The maximum absolute atomic E-state index is 2.21. The maximum atomic E-state index is 2.21. The largest absolute Gasteiger partial charge is 0.149 e. The molecule has 0 aliphatic rings. The second-order valence-electron chi connectivity index (χ2n) is 3.08. The summed E-state index contributed by atoms with van der Waals surface area (Å²) in [6, 6.07) is 8.42. The highest BCUT2D eigenvalue weighted by Gasteiger charge is 1.94. The lowest BCUT2D eigenvalue weighted by Gasteiger charge is -1.99. The topological polar surface area (TPSA) is 0 Å². The first kappa shape index (κ1) is 10.3. The van der Waals surface area contributed by atoms with Crippen LogP contribution in [0.2, 0.25) is 0 Å². The van der Waals surface area contributed by atoms with Gasteiger partial charge in [-0.25, -0.2) is 0 Å². The van der Waals surface area contributed by atoms with Crippen molar-refractivity contribution < 1.29 is 0 Å². The van der Waals surface area contributed by atoms with Crippen molar-refractivity contribution in [2.75, 3.05) is 0 Å². The molecule has 0 unspecified atom stereocenters. The van der Waals surface area contributed by atoms with E-state index in [1.165, 1.54) is 16.0 Å². The minimum atomic E-state index is 1.12. The third kappa shape index (κ3) is 2.85. The zero-order valence-corrected chi connectivity index (χ0v) is 9.32. The highest BCUT2D eigenvalue weighted by molar-refractivity contribution is 7.09. The molecule has 1 heterocycles. The molecule has 0 saturated heterocycles. The average molecular weight is 192 g/mol. The summed E-state index contributed by atoms with van der Waals surface area (Å²) in [6.07, 6.45) is 1.12.